The third-order valence-corrected chi connectivity index (χ3v) is 6.53. The summed E-state index contributed by atoms with van der Waals surface area (Å²) in [6.45, 7) is 6.80. The van der Waals surface area contributed by atoms with Crippen molar-refractivity contribution in [3.05, 3.63) is 70.6 Å². The molecule has 4 heterocycles. The second-order valence-corrected chi connectivity index (χ2v) is 10.2. The highest BCUT2D eigenvalue weighted by molar-refractivity contribution is 7.17. The fourth-order valence-electron chi connectivity index (χ4n) is 3.37. The molecule has 35 heavy (non-hydrogen) atoms. The second kappa shape index (κ2) is 9.59. The van der Waals surface area contributed by atoms with Crippen LogP contribution in [0.4, 0.5) is 5.82 Å². The molecule has 8 nitrogen and oxygen atoms in total. The van der Waals surface area contributed by atoms with Gasteiger partial charge in [-0.05, 0) is 30.2 Å². The highest BCUT2D eigenvalue weighted by Crippen LogP contribution is 2.32. The normalized spacial score (nSPS) is 11.7. The van der Waals surface area contributed by atoms with Crippen molar-refractivity contribution in [1.82, 2.24) is 25.1 Å². The molecule has 0 aliphatic rings. The third-order valence-electron chi connectivity index (χ3n) is 5.22. The largest absolute Gasteiger partial charge is 0.439 e. The number of nitrogens with one attached hydrogen (secondary N) is 1. The highest BCUT2D eigenvalue weighted by atomic mass is 35.5. The number of hydrogen-bond donors (Lipinski definition) is 1. The van der Waals surface area contributed by atoms with Gasteiger partial charge in [0, 0.05) is 23.4 Å². The lowest BCUT2D eigenvalue weighted by Crippen LogP contribution is -2.13. The molecule has 5 aromatic rings. The lowest BCUT2D eigenvalue weighted by molar-refractivity contribution is 0.400. The van der Waals surface area contributed by atoms with Gasteiger partial charge in [-0.15, -0.1) is 11.3 Å². The molecule has 0 saturated carbocycles. The van der Waals surface area contributed by atoms with Gasteiger partial charge in [-0.25, -0.2) is 15.0 Å². The molecule has 5 rings (SSSR count). The van der Waals surface area contributed by atoms with E-state index in [0.717, 1.165) is 28.0 Å². The molecule has 0 atom stereocenters. The number of pyridine rings is 1. The maximum absolute atomic E-state index is 6.28. The molecule has 0 saturated heterocycles. The number of anilines is 1. The molecule has 0 aliphatic carbocycles. The zero-order valence-electron chi connectivity index (χ0n) is 19.4. The van der Waals surface area contributed by atoms with Gasteiger partial charge in [0.05, 0.1) is 10.4 Å². The Labute approximate surface area is 211 Å². The Bertz CT molecular complexity index is 1460. The first kappa shape index (κ1) is 23.2. The van der Waals surface area contributed by atoms with Crippen LogP contribution >= 0.6 is 22.9 Å². The Morgan fingerprint density at radius 3 is 2.66 bits per heavy atom. The smallest absolute Gasteiger partial charge is 0.276 e. The summed E-state index contributed by atoms with van der Waals surface area (Å²) in [5.74, 6) is 2.90. The van der Waals surface area contributed by atoms with E-state index in [1.165, 1.54) is 11.3 Å². The van der Waals surface area contributed by atoms with Crippen molar-refractivity contribution < 1.29 is 9.26 Å². The minimum Gasteiger partial charge on any atom is -0.439 e. The number of rotatable bonds is 7. The monoisotopic (exact) mass is 506 g/mol. The van der Waals surface area contributed by atoms with E-state index in [0.29, 0.717) is 40.6 Å². The summed E-state index contributed by atoms with van der Waals surface area (Å²) < 4.78 is 11.3. The van der Waals surface area contributed by atoms with Crippen LogP contribution in [0.3, 0.4) is 0 Å². The van der Waals surface area contributed by atoms with Gasteiger partial charge in [-0.1, -0.05) is 55.7 Å². The van der Waals surface area contributed by atoms with E-state index in [1.54, 1.807) is 12.4 Å². The summed E-state index contributed by atoms with van der Waals surface area (Å²) in [5, 5.41) is 10.8. The molecule has 0 aliphatic heterocycles. The van der Waals surface area contributed by atoms with Crippen LogP contribution in [0, 0.1) is 0 Å². The molecule has 10 heteroatoms. The number of nitrogens with zero attached hydrogens (tertiary/aromatic N) is 5. The minimum absolute atomic E-state index is 0.203. The Balaban J connectivity index is 1.21. The van der Waals surface area contributed by atoms with E-state index in [4.69, 9.17) is 20.9 Å². The molecule has 1 aromatic carbocycles. The van der Waals surface area contributed by atoms with E-state index < -0.39 is 0 Å². The van der Waals surface area contributed by atoms with Crippen molar-refractivity contribution in [2.45, 2.75) is 32.6 Å². The van der Waals surface area contributed by atoms with Gasteiger partial charge in [0.2, 0.25) is 5.88 Å². The van der Waals surface area contributed by atoms with Crippen molar-refractivity contribution in [2.75, 3.05) is 11.9 Å². The first-order valence-corrected chi connectivity index (χ1v) is 12.3. The van der Waals surface area contributed by atoms with Gasteiger partial charge in [0.25, 0.3) is 5.89 Å². The third kappa shape index (κ3) is 5.26. The van der Waals surface area contributed by atoms with Crippen molar-refractivity contribution >= 4 is 39.0 Å². The molecular weight excluding hydrogens is 484 g/mol. The highest BCUT2D eigenvalue weighted by Gasteiger charge is 2.22. The Morgan fingerprint density at radius 1 is 1.06 bits per heavy atom. The number of fused-ring (bicyclic) bond motifs is 1. The van der Waals surface area contributed by atoms with E-state index >= 15 is 0 Å². The minimum atomic E-state index is -0.203. The molecule has 178 valence electrons. The second-order valence-electron chi connectivity index (χ2n) is 8.94. The Morgan fingerprint density at radius 2 is 1.89 bits per heavy atom. The van der Waals surface area contributed by atoms with Gasteiger partial charge in [-0.3, -0.25) is 0 Å². The van der Waals surface area contributed by atoms with Gasteiger partial charge < -0.3 is 14.6 Å². The summed E-state index contributed by atoms with van der Waals surface area (Å²) >= 11 is 7.79. The summed E-state index contributed by atoms with van der Waals surface area (Å²) in [6, 6.07) is 13.4. The number of benzene rings is 1. The zero-order chi connectivity index (χ0) is 24.4. The van der Waals surface area contributed by atoms with Gasteiger partial charge in [-0.2, -0.15) is 4.98 Å². The number of halogens is 1. The van der Waals surface area contributed by atoms with Crippen LogP contribution in [0.15, 0.2) is 58.7 Å². The Kier molecular flexibility index (Phi) is 6.36. The summed E-state index contributed by atoms with van der Waals surface area (Å²) in [6.07, 6.45) is 2.36. The molecule has 1 N–H and O–H groups in total. The maximum atomic E-state index is 6.28. The predicted octanol–water partition coefficient (Wildman–Crippen LogP) is 6.53. The summed E-state index contributed by atoms with van der Waals surface area (Å²) in [5.41, 5.74) is 1.53. The van der Waals surface area contributed by atoms with Crippen LogP contribution < -0.4 is 10.1 Å². The molecule has 0 bridgehead atoms. The van der Waals surface area contributed by atoms with E-state index in [-0.39, 0.29) is 5.41 Å². The van der Waals surface area contributed by atoms with Crippen molar-refractivity contribution in [2.24, 2.45) is 0 Å². The molecule has 0 fully saturated rings. The van der Waals surface area contributed by atoms with Gasteiger partial charge in [0.1, 0.15) is 28.4 Å². The molecule has 4 aromatic heterocycles. The van der Waals surface area contributed by atoms with Crippen LogP contribution in [0.2, 0.25) is 5.02 Å². The van der Waals surface area contributed by atoms with E-state index in [2.05, 4.69) is 30.4 Å². The molecule has 0 radical (unpaired) electrons. The average molecular weight is 507 g/mol. The lowest BCUT2D eigenvalue weighted by atomic mass is 9.96. The quantitative estimate of drug-likeness (QED) is 0.266. The predicted molar refractivity (Wildman–Crippen MR) is 137 cm³/mol. The topological polar surface area (TPSA) is 98.9 Å². The number of hydrogen-bond acceptors (Lipinski definition) is 9. The lowest BCUT2D eigenvalue weighted by Gasteiger charge is -2.10. The number of aromatic nitrogens is 5. The summed E-state index contributed by atoms with van der Waals surface area (Å²) in [4.78, 5) is 18.4. The molecule has 0 amide bonds. The molecule has 0 unspecified atom stereocenters. The van der Waals surface area contributed by atoms with Gasteiger partial charge >= 0.3 is 0 Å². The van der Waals surface area contributed by atoms with E-state index in [9.17, 15) is 0 Å². The zero-order valence-corrected chi connectivity index (χ0v) is 21.0. The molecular formula is C25H23ClN6O2S. The maximum Gasteiger partial charge on any atom is 0.276 e. The van der Waals surface area contributed by atoms with Crippen molar-refractivity contribution in [3.63, 3.8) is 0 Å². The van der Waals surface area contributed by atoms with Crippen molar-refractivity contribution in [1.29, 1.82) is 0 Å². The van der Waals surface area contributed by atoms with Crippen LogP contribution in [-0.2, 0) is 11.8 Å². The first-order chi connectivity index (χ1) is 16.9. The van der Waals surface area contributed by atoms with Crippen molar-refractivity contribution in [3.8, 4) is 23.2 Å². The van der Waals surface area contributed by atoms with E-state index in [1.807, 2.05) is 62.5 Å². The Hall–Kier alpha value is -3.56. The SMILES string of the molecule is CC(C)(C)c1noc(-c2cccc(Oc3ccc(CCNc4ncnc5scc(Cl)c45)cc3)n2)n1. The van der Waals surface area contributed by atoms with Crippen LogP contribution in [0.25, 0.3) is 21.8 Å². The fourth-order valence-corrected chi connectivity index (χ4v) is 4.50. The standard InChI is InChI=1S/C25H23ClN6O2S/c1-25(2,3)24-31-22(34-32-24)18-5-4-6-19(30-18)33-16-9-7-15(8-10-16)11-12-27-21-20-17(26)13-35-23(20)29-14-28-21/h4-10,13-14H,11-12H2,1-3H3,(H,27,28,29). The van der Waals surface area contributed by atoms with Crippen LogP contribution in [0.1, 0.15) is 32.2 Å². The average Bonchev–Trinajstić information content (AvgIpc) is 3.49. The first-order valence-electron chi connectivity index (χ1n) is 11.1. The van der Waals surface area contributed by atoms with Gasteiger partial charge in [0.15, 0.2) is 5.82 Å². The number of ether oxygens (including phenoxy) is 1. The fraction of sp³-hybridized carbons (Fsp3) is 0.240. The van der Waals surface area contributed by atoms with Crippen LogP contribution in [0.5, 0.6) is 11.6 Å². The van der Waals surface area contributed by atoms with Crippen LogP contribution in [-0.4, -0.2) is 31.6 Å². The molecule has 0 spiro atoms. The summed E-state index contributed by atoms with van der Waals surface area (Å²) in [7, 11) is 0. The number of thiophene rings is 1.